The van der Waals surface area contributed by atoms with E-state index in [1.165, 1.54) is 7.11 Å². The second kappa shape index (κ2) is 10.3. The van der Waals surface area contributed by atoms with Crippen LogP contribution in [0.15, 0.2) is 46.9 Å². The number of nitrogens with one attached hydrogen (secondary N) is 1. The third-order valence-electron chi connectivity index (χ3n) is 5.96. The Labute approximate surface area is 220 Å². The Kier molecular flexibility index (Phi) is 7.30. The number of carbonyl (C=O) groups excluding carboxylic acids is 2. The zero-order chi connectivity index (χ0) is 26.0. The average Bonchev–Trinajstić information content (AvgIpc) is 3.21. The highest BCUT2D eigenvalue weighted by Crippen LogP contribution is 2.42. The summed E-state index contributed by atoms with van der Waals surface area (Å²) in [5.74, 6) is 5.02. The zero-order valence-corrected chi connectivity index (χ0v) is 23.2. The Morgan fingerprint density at radius 3 is 2.56 bits per heavy atom. The van der Waals surface area contributed by atoms with E-state index < -0.39 is 32.0 Å². The van der Waals surface area contributed by atoms with Crippen molar-refractivity contribution in [2.45, 2.75) is 38.1 Å². The number of aromatic nitrogens is 1. The number of rotatable bonds is 4. The molecule has 0 radical (unpaired) electrons. The van der Waals surface area contributed by atoms with Crippen LogP contribution in [0.5, 0.6) is 5.75 Å². The van der Waals surface area contributed by atoms with Crippen LogP contribution in [0.2, 0.25) is 19.6 Å². The Hall–Kier alpha value is -3.46. The van der Waals surface area contributed by atoms with Crippen molar-refractivity contribution in [3.8, 4) is 29.6 Å². The molecule has 2 atom stereocenters. The van der Waals surface area contributed by atoms with Crippen LogP contribution in [0.4, 0.5) is 0 Å². The molecule has 184 valence electrons. The van der Waals surface area contributed by atoms with E-state index in [1.807, 2.05) is 42.5 Å². The second-order valence-electron chi connectivity index (χ2n) is 9.63. The molecule has 1 N–H and O–H groups in total. The lowest BCUT2D eigenvalue weighted by atomic mass is 9.88. The molecule has 1 aliphatic heterocycles. The van der Waals surface area contributed by atoms with Crippen molar-refractivity contribution in [1.29, 1.82) is 0 Å². The summed E-state index contributed by atoms with van der Waals surface area (Å²) in [4.78, 5) is 31.8. The largest absolute Gasteiger partial charge is 0.481 e. The van der Waals surface area contributed by atoms with Crippen molar-refractivity contribution in [3.63, 3.8) is 0 Å². The van der Waals surface area contributed by atoms with Gasteiger partial charge < -0.3 is 19.4 Å². The smallest absolute Gasteiger partial charge is 0.328 e. The normalized spacial score (nSPS) is 16.9. The fraction of sp³-hybridized carbons (Fsp3) is 0.286. The van der Waals surface area contributed by atoms with E-state index in [1.54, 1.807) is 4.90 Å². The van der Waals surface area contributed by atoms with Gasteiger partial charge in [0.05, 0.1) is 13.2 Å². The molecule has 4 rings (SSSR count). The molecule has 0 bridgehead atoms. The molecule has 0 saturated heterocycles. The van der Waals surface area contributed by atoms with Gasteiger partial charge in [0, 0.05) is 27.5 Å². The van der Waals surface area contributed by atoms with Crippen molar-refractivity contribution >= 4 is 46.8 Å². The molecule has 2 aromatic carbocycles. The minimum Gasteiger partial charge on any atom is -0.481 e. The number of hydrogen-bond donors (Lipinski definition) is 1. The lowest BCUT2D eigenvalue weighted by Crippen LogP contribution is -2.51. The molecule has 6 nitrogen and oxygen atoms in total. The Morgan fingerprint density at radius 1 is 1.19 bits per heavy atom. The molecule has 0 saturated carbocycles. The van der Waals surface area contributed by atoms with Crippen LogP contribution in [0.1, 0.15) is 22.9 Å². The number of hydrogen-bond acceptors (Lipinski definition) is 4. The lowest BCUT2D eigenvalue weighted by molar-refractivity contribution is -0.153. The minimum absolute atomic E-state index is 0.158. The molecule has 36 heavy (non-hydrogen) atoms. The Balaban J connectivity index is 1.92. The number of H-pyrrole nitrogens is 1. The van der Waals surface area contributed by atoms with Gasteiger partial charge in [-0.05, 0) is 47.4 Å². The zero-order valence-electron chi connectivity index (χ0n) is 20.6. The summed E-state index contributed by atoms with van der Waals surface area (Å²) in [6, 6.07) is 11.9. The maximum atomic E-state index is 13.6. The van der Waals surface area contributed by atoms with Crippen molar-refractivity contribution in [2.75, 3.05) is 13.7 Å². The molecule has 0 aliphatic carbocycles. The van der Waals surface area contributed by atoms with Crippen LogP contribution in [-0.2, 0) is 20.7 Å². The molecule has 2 heterocycles. The number of ether oxygens (including phenoxy) is 2. The predicted octanol–water partition coefficient (Wildman–Crippen LogP) is 4.84. The van der Waals surface area contributed by atoms with E-state index in [0.717, 1.165) is 32.2 Å². The third kappa shape index (κ3) is 5.21. The summed E-state index contributed by atoms with van der Waals surface area (Å²) in [5.41, 5.74) is 6.71. The van der Waals surface area contributed by atoms with Gasteiger partial charge >= 0.3 is 5.97 Å². The monoisotopic (exact) mass is 562 g/mol. The van der Waals surface area contributed by atoms with Gasteiger partial charge in [-0.25, -0.2) is 4.79 Å². The number of methoxy groups -OCH3 is 1. The standard InChI is InChI=1S/C28H27BrN2O4Si/c1-6-14-35-20-10-7-18(8-11-20)27-26-22(21-16-19(29)9-12-23(21)30-26)17-24(28(33)34-2)31(27)25(32)13-15-36(3,4)5/h1,7-12,16,24,27,30H,14,17H2,2-5H3/t24-,27+/m1/s1. The molecule has 1 aromatic heterocycles. The summed E-state index contributed by atoms with van der Waals surface area (Å²) in [6.07, 6.45) is 5.63. The number of nitrogens with zero attached hydrogens (tertiary/aromatic N) is 1. The number of carbonyl (C=O) groups is 2. The van der Waals surface area contributed by atoms with Crippen LogP contribution in [0, 0.1) is 23.8 Å². The molecule has 0 unspecified atom stereocenters. The highest BCUT2D eigenvalue weighted by Gasteiger charge is 2.43. The number of fused-ring (bicyclic) bond motifs is 3. The molecule has 8 heteroatoms. The molecular weight excluding hydrogens is 536 g/mol. The van der Waals surface area contributed by atoms with Gasteiger partial charge in [0.25, 0.3) is 5.91 Å². The van der Waals surface area contributed by atoms with E-state index in [-0.39, 0.29) is 6.61 Å². The fourth-order valence-electron chi connectivity index (χ4n) is 4.40. The first kappa shape index (κ1) is 25.6. The lowest BCUT2D eigenvalue weighted by Gasteiger charge is -2.40. The van der Waals surface area contributed by atoms with Crippen molar-refractivity contribution in [2.24, 2.45) is 0 Å². The SMILES string of the molecule is C#CCOc1ccc([C@H]2c3[nH]c4ccc(Br)cc4c3C[C@H](C(=O)OC)N2C(=O)C#C[Si](C)(C)C)cc1. The molecule has 1 aliphatic rings. The van der Waals surface area contributed by atoms with E-state index >= 15 is 0 Å². The third-order valence-corrected chi connectivity index (χ3v) is 7.32. The van der Waals surface area contributed by atoms with Gasteiger partial charge in [0.2, 0.25) is 0 Å². The topological polar surface area (TPSA) is 71.6 Å². The second-order valence-corrected chi connectivity index (χ2v) is 15.3. The van der Waals surface area contributed by atoms with E-state index in [2.05, 4.69) is 57.9 Å². The van der Waals surface area contributed by atoms with Crippen LogP contribution in [-0.4, -0.2) is 49.6 Å². The maximum absolute atomic E-state index is 13.6. The number of terminal acetylenes is 1. The summed E-state index contributed by atoms with van der Waals surface area (Å²) < 4.78 is 11.6. The first-order chi connectivity index (χ1) is 17.1. The predicted molar refractivity (Wildman–Crippen MR) is 146 cm³/mol. The summed E-state index contributed by atoms with van der Waals surface area (Å²) in [7, 11) is -0.498. The Morgan fingerprint density at radius 2 is 1.92 bits per heavy atom. The van der Waals surface area contributed by atoms with Gasteiger partial charge in [-0.15, -0.1) is 12.0 Å². The number of aromatic amines is 1. The molecular formula is C28H27BrN2O4Si. The summed E-state index contributed by atoms with van der Waals surface area (Å²) in [5, 5.41) is 0.993. The van der Waals surface area contributed by atoms with E-state index in [4.69, 9.17) is 15.9 Å². The first-order valence-corrected chi connectivity index (χ1v) is 15.8. The highest BCUT2D eigenvalue weighted by atomic mass is 79.9. The van der Waals surface area contributed by atoms with Gasteiger partial charge in [0.15, 0.2) is 0 Å². The summed E-state index contributed by atoms with van der Waals surface area (Å²) in [6.45, 7) is 6.37. The number of halogens is 1. The van der Waals surface area contributed by atoms with Gasteiger partial charge in [-0.1, -0.05) is 53.6 Å². The summed E-state index contributed by atoms with van der Waals surface area (Å²) >= 11 is 3.55. The number of esters is 1. The number of benzene rings is 2. The van der Waals surface area contributed by atoms with Crippen LogP contribution >= 0.6 is 15.9 Å². The van der Waals surface area contributed by atoms with Gasteiger partial charge in [-0.2, -0.15) is 0 Å². The van der Waals surface area contributed by atoms with Crippen LogP contribution in [0.25, 0.3) is 10.9 Å². The quantitative estimate of drug-likeness (QED) is 0.280. The molecule has 0 spiro atoms. The molecule has 3 aromatic rings. The Bertz CT molecular complexity index is 1420. The van der Waals surface area contributed by atoms with E-state index in [9.17, 15) is 9.59 Å². The van der Waals surface area contributed by atoms with Gasteiger partial charge in [0.1, 0.15) is 26.5 Å². The molecule has 1 amide bonds. The maximum Gasteiger partial charge on any atom is 0.328 e. The van der Waals surface area contributed by atoms with Crippen molar-refractivity contribution in [3.05, 3.63) is 63.8 Å². The highest BCUT2D eigenvalue weighted by molar-refractivity contribution is 9.10. The van der Waals surface area contributed by atoms with Crippen LogP contribution in [0.3, 0.4) is 0 Å². The fourth-order valence-corrected chi connectivity index (χ4v) is 5.24. The van der Waals surface area contributed by atoms with Crippen molar-refractivity contribution < 1.29 is 19.1 Å². The average molecular weight is 564 g/mol. The number of amides is 1. The van der Waals surface area contributed by atoms with E-state index in [0.29, 0.717) is 12.2 Å². The molecule has 0 fully saturated rings. The minimum atomic E-state index is -1.84. The first-order valence-electron chi connectivity index (χ1n) is 11.5. The van der Waals surface area contributed by atoms with Crippen molar-refractivity contribution in [1.82, 2.24) is 9.88 Å². The van der Waals surface area contributed by atoms with Crippen LogP contribution < -0.4 is 4.74 Å². The van der Waals surface area contributed by atoms with Gasteiger partial charge in [-0.3, -0.25) is 4.79 Å².